The maximum Gasteiger partial charge on any atom is 0.237 e. The van der Waals surface area contributed by atoms with Gasteiger partial charge in [0.15, 0.2) is 0 Å². The summed E-state index contributed by atoms with van der Waals surface area (Å²) in [5, 5.41) is 3.20. The van der Waals surface area contributed by atoms with Crippen LogP contribution in [0.3, 0.4) is 0 Å². The van der Waals surface area contributed by atoms with Gasteiger partial charge in [0, 0.05) is 6.54 Å². The molecule has 0 aromatic rings. The Balaban J connectivity index is 4.30. The van der Waals surface area contributed by atoms with Crippen LogP contribution >= 0.6 is 0 Å². The number of hydrogen-bond donors (Lipinski definition) is 2. The summed E-state index contributed by atoms with van der Waals surface area (Å²) in [7, 11) is 0. The summed E-state index contributed by atoms with van der Waals surface area (Å²) in [6, 6.07) is 0. The third-order valence-electron chi connectivity index (χ3n) is 3.12. The van der Waals surface area contributed by atoms with E-state index in [1.54, 1.807) is 0 Å². The summed E-state index contributed by atoms with van der Waals surface area (Å²) < 4.78 is 0. The number of carbonyl (C=O) groups is 1. The van der Waals surface area contributed by atoms with Crippen molar-refractivity contribution in [3.8, 4) is 0 Å². The zero-order chi connectivity index (χ0) is 13.3. The van der Waals surface area contributed by atoms with Crippen molar-refractivity contribution in [2.24, 2.45) is 5.73 Å². The number of carbonyl (C=O) groups excluding carboxylic acids is 1. The van der Waals surface area contributed by atoms with Gasteiger partial charge in [-0.2, -0.15) is 0 Å². The Hall–Kier alpha value is -0.610. The lowest BCUT2D eigenvalue weighted by molar-refractivity contribution is -0.124. The molecule has 0 saturated heterocycles. The van der Waals surface area contributed by atoms with Crippen LogP contribution in [0.15, 0.2) is 0 Å². The highest BCUT2D eigenvalue weighted by atomic mass is 16.1. The van der Waals surface area contributed by atoms with E-state index >= 15 is 0 Å². The number of nitrogens with two attached hydrogens (primary N) is 1. The van der Waals surface area contributed by atoms with E-state index in [0.29, 0.717) is 0 Å². The Labute approximate surface area is 106 Å². The SMILES string of the molecule is CCCN(CCC)CCC(C)(NCC)C(N)=O. The van der Waals surface area contributed by atoms with Crippen molar-refractivity contribution in [1.29, 1.82) is 0 Å². The molecule has 0 spiro atoms. The quantitative estimate of drug-likeness (QED) is 0.609. The van der Waals surface area contributed by atoms with Gasteiger partial charge in [-0.05, 0) is 45.8 Å². The molecule has 17 heavy (non-hydrogen) atoms. The molecule has 4 heteroatoms. The van der Waals surface area contributed by atoms with Crippen molar-refractivity contribution in [3.05, 3.63) is 0 Å². The smallest absolute Gasteiger partial charge is 0.237 e. The predicted molar refractivity (Wildman–Crippen MR) is 72.9 cm³/mol. The Morgan fingerprint density at radius 1 is 1.18 bits per heavy atom. The molecule has 3 N–H and O–H groups in total. The first kappa shape index (κ1) is 16.4. The van der Waals surface area contributed by atoms with Crippen LogP contribution in [0, 0.1) is 0 Å². The van der Waals surface area contributed by atoms with Gasteiger partial charge in [-0.1, -0.05) is 20.8 Å². The highest BCUT2D eigenvalue weighted by molar-refractivity contribution is 5.84. The van der Waals surface area contributed by atoms with E-state index in [-0.39, 0.29) is 5.91 Å². The number of rotatable bonds is 10. The van der Waals surface area contributed by atoms with Crippen LogP contribution in [0.2, 0.25) is 0 Å². The summed E-state index contributed by atoms with van der Waals surface area (Å²) in [4.78, 5) is 13.9. The summed E-state index contributed by atoms with van der Waals surface area (Å²) in [5.41, 5.74) is 4.90. The minimum absolute atomic E-state index is 0.257. The summed E-state index contributed by atoms with van der Waals surface area (Å²) in [5.74, 6) is -0.257. The first-order valence-corrected chi connectivity index (χ1v) is 6.77. The molecule has 1 amide bonds. The van der Waals surface area contributed by atoms with Crippen molar-refractivity contribution in [1.82, 2.24) is 10.2 Å². The highest BCUT2D eigenvalue weighted by Crippen LogP contribution is 2.10. The molecule has 0 saturated carbocycles. The minimum Gasteiger partial charge on any atom is -0.368 e. The monoisotopic (exact) mass is 243 g/mol. The van der Waals surface area contributed by atoms with Gasteiger partial charge in [0.25, 0.3) is 0 Å². The number of hydrogen-bond acceptors (Lipinski definition) is 3. The Morgan fingerprint density at radius 2 is 1.71 bits per heavy atom. The molecule has 1 unspecified atom stereocenters. The molecule has 0 bridgehead atoms. The molecule has 0 aliphatic carbocycles. The molecule has 0 aliphatic rings. The Morgan fingerprint density at radius 3 is 2.06 bits per heavy atom. The average molecular weight is 243 g/mol. The van der Waals surface area contributed by atoms with Crippen molar-refractivity contribution in [3.63, 3.8) is 0 Å². The molecule has 0 aliphatic heterocycles. The topological polar surface area (TPSA) is 58.4 Å². The molecule has 0 radical (unpaired) electrons. The number of nitrogens with one attached hydrogen (secondary N) is 1. The average Bonchev–Trinajstić information content (AvgIpc) is 2.27. The van der Waals surface area contributed by atoms with Gasteiger partial charge in [-0.3, -0.25) is 4.79 Å². The van der Waals surface area contributed by atoms with E-state index < -0.39 is 5.54 Å². The van der Waals surface area contributed by atoms with Gasteiger partial charge >= 0.3 is 0 Å². The number of likely N-dealkylation sites (N-methyl/N-ethyl adjacent to an activating group) is 1. The predicted octanol–water partition coefficient (Wildman–Crippen LogP) is 1.35. The fraction of sp³-hybridized carbons (Fsp3) is 0.923. The van der Waals surface area contributed by atoms with E-state index in [1.807, 2.05) is 13.8 Å². The van der Waals surface area contributed by atoms with Gasteiger partial charge in [0.2, 0.25) is 5.91 Å². The largest absolute Gasteiger partial charge is 0.368 e. The Bertz CT molecular complexity index is 215. The van der Waals surface area contributed by atoms with Crippen molar-refractivity contribution in [2.75, 3.05) is 26.2 Å². The molecular formula is C13H29N3O. The number of nitrogens with zero attached hydrogens (tertiary/aromatic N) is 1. The molecule has 0 rings (SSSR count). The molecule has 0 fully saturated rings. The van der Waals surface area contributed by atoms with E-state index in [9.17, 15) is 4.79 Å². The van der Waals surface area contributed by atoms with Crippen molar-refractivity contribution in [2.45, 2.75) is 52.5 Å². The molecule has 102 valence electrons. The third-order valence-corrected chi connectivity index (χ3v) is 3.12. The van der Waals surface area contributed by atoms with Crippen LogP contribution in [0.25, 0.3) is 0 Å². The summed E-state index contributed by atoms with van der Waals surface area (Å²) in [6.45, 7) is 12.1. The molecule has 0 aromatic heterocycles. The first-order valence-electron chi connectivity index (χ1n) is 6.77. The standard InChI is InChI=1S/C13H29N3O/c1-5-9-16(10-6-2)11-8-13(4,12(14)17)15-7-3/h15H,5-11H2,1-4H3,(H2,14,17). The molecule has 0 aromatic carbocycles. The van der Waals surface area contributed by atoms with Crippen LogP contribution in [-0.4, -0.2) is 42.5 Å². The van der Waals surface area contributed by atoms with Gasteiger partial charge < -0.3 is 16.0 Å². The summed E-state index contributed by atoms with van der Waals surface area (Å²) in [6.07, 6.45) is 3.07. The van der Waals surface area contributed by atoms with Crippen molar-refractivity contribution < 1.29 is 4.79 Å². The van der Waals surface area contributed by atoms with E-state index in [4.69, 9.17) is 5.73 Å². The van der Waals surface area contributed by atoms with Crippen LogP contribution in [0.1, 0.15) is 47.0 Å². The number of amides is 1. The lowest BCUT2D eigenvalue weighted by Gasteiger charge is -2.30. The molecule has 0 heterocycles. The third kappa shape index (κ3) is 6.03. The van der Waals surface area contributed by atoms with E-state index in [0.717, 1.165) is 45.4 Å². The van der Waals surface area contributed by atoms with E-state index in [1.165, 1.54) is 0 Å². The fourth-order valence-electron chi connectivity index (χ4n) is 2.04. The lowest BCUT2D eigenvalue weighted by atomic mass is 9.96. The van der Waals surface area contributed by atoms with Crippen LogP contribution in [0.5, 0.6) is 0 Å². The normalized spacial score (nSPS) is 14.9. The first-order chi connectivity index (χ1) is 8.00. The van der Waals surface area contributed by atoms with E-state index in [2.05, 4.69) is 24.1 Å². The molecule has 4 nitrogen and oxygen atoms in total. The fourth-order valence-corrected chi connectivity index (χ4v) is 2.04. The molecular weight excluding hydrogens is 214 g/mol. The van der Waals surface area contributed by atoms with Gasteiger partial charge in [-0.15, -0.1) is 0 Å². The van der Waals surface area contributed by atoms with Crippen LogP contribution in [0.4, 0.5) is 0 Å². The Kier molecular flexibility index (Phi) is 8.17. The second-order valence-corrected chi connectivity index (χ2v) is 4.82. The lowest BCUT2D eigenvalue weighted by Crippen LogP contribution is -2.54. The highest BCUT2D eigenvalue weighted by Gasteiger charge is 2.29. The van der Waals surface area contributed by atoms with Crippen molar-refractivity contribution >= 4 is 5.91 Å². The second kappa shape index (κ2) is 8.48. The van der Waals surface area contributed by atoms with Gasteiger partial charge in [0.1, 0.15) is 0 Å². The number of primary amides is 1. The van der Waals surface area contributed by atoms with Gasteiger partial charge in [0.05, 0.1) is 5.54 Å². The maximum absolute atomic E-state index is 11.5. The van der Waals surface area contributed by atoms with Gasteiger partial charge in [-0.25, -0.2) is 0 Å². The summed E-state index contributed by atoms with van der Waals surface area (Å²) >= 11 is 0. The zero-order valence-electron chi connectivity index (χ0n) is 11.9. The zero-order valence-corrected chi connectivity index (χ0v) is 11.9. The van der Waals surface area contributed by atoms with Crippen LogP contribution < -0.4 is 11.1 Å². The van der Waals surface area contributed by atoms with Crippen LogP contribution in [-0.2, 0) is 4.79 Å². The minimum atomic E-state index is -0.575. The molecule has 1 atom stereocenters. The maximum atomic E-state index is 11.5. The second-order valence-electron chi connectivity index (χ2n) is 4.82.